The van der Waals surface area contributed by atoms with Gasteiger partial charge in [0.2, 0.25) is 0 Å². The van der Waals surface area contributed by atoms with Crippen molar-refractivity contribution in [3.05, 3.63) is 64.9 Å². The summed E-state index contributed by atoms with van der Waals surface area (Å²) in [6, 6.07) is 14.3. The van der Waals surface area contributed by atoms with Gasteiger partial charge in [-0.3, -0.25) is 4.90 Å². The molecule has 0 saturated carbocycles. The van der Waals surface area contributed by atoms with Crippen LogP contribution in [0.5, 0.6) is 0 Å². The summed E-state index contributed by atoms with van der Waals surface area (Å²) in [7, 11) is 0. The molecule has 1 aromatic heterocycles. The number of aliphatic hydroxyl groups is 1. The van der Waals surface area contributed by atoms with Gasteiger partial charge in [-0.1, -0.05) is 23.7 Å². The molecule has 0 bridgehead atoms. The maximum Gasteiger partial charge on any atom is 0.125 e. The van der Waals surface area contributed by atoms with Crippen LogP contribution in [0.2, 0.25) is 5.02 Å². The van der Waals surface area contributed by atoms with Gasteiger partial charge >= 0.3 is 0 Å². The third-order valence-corrected chi connectivity index (χ3v) is 5.07. The molecule has 26 heavy (non-hydrogen) atoms. The summed E-state index contributed by atoms with van der Waals surface area (Å²) in [5.41, 5.74) is 3.41. The second kappa shape index (κ2) is 7.31. The van der Waals surface area contributed by atoms with Gasteiger partial charge in [-0.25, -0.2) is 9.37 Å². The molecule has 4 rings (SSSR count). The van der Waals surface area contributed by atoms with Gasteiger partial charge in [0.1, 0.15) is 5.82 Å². The summed E-state index contributed by atoms with van der Waals surface area (Å²) in [5, 5.41) is 11.5. The van der Waals surface area contributed by atoms with Crippen LogP contribution in [-0.4, -0.2) is 34.2 Å². The first kappa shape index (κ1) is 17.4. The molecule has 1 aliphatic rings. The van der Waals surface area contributed by atoms with Crippen molar-refractivity contribution >= 4 is 22.5 Å². The number of aromatic nitrogens is 1. The number of aliphatic hydroxyl groups excluding tert-OH is 1. The Labute approximate surface area is 157 Å². The van der Waals surface area contributed by atoms with Crippen molar-refractivity contribution in [1.82, 2.24) is 9.88 Å². The van der Waals surface area contributed by atoms with Crippen LogP contribution in [0.15, 0.2) is 48.5 Å². The first-order valence-corrected chi connectivity index (χ1v) is 9.22. The molecule has 3 aromatic rings. The first-order chi connectivity index (χ1) is 12.6. The molecule has 3 nitrogen and oxygen atoms in total. The number of hydrogen-bond acceptors (Lipinski definition) is 3. The lowest BCUT2D eigenvalue weighted by Gasteiger charge is -2.30. The molecule has 2 aromatic carbocycles. The normalized spacial score (nSPS) is 18.3. The number of β-amino-alcohol motifs (C(OH)–C–C–N with tert-alkyl or cyclic N) is 1. The lowest BCUT2D eigenvalue weighted by molar-refractivity contribution is 0.0669. The van der Waals surface area contributed by atoms with Crippen LogP contribution in [0, 0.1) is 5.82 Å². The highest BCUT2D eigenvalue weighted by atomic mass is 35.5. The minimum absolute atomic E-state index is 0.277. The van der Waals surface area contributed by atoms with E-state index in [1.165, 1.54) is 12.1 Å². The second-order valence-electron chi connectivity index (χ2n) is 6.87. The molecule has 0 unspecified atom stereocenters. The van der Waals surface area contributed by atoms with Crippen LogP contribution in [0.25, 0.3) is 22.2 Å². The molecule has 0 amide bonds. The number of nitrogens with zero attached hydrogens (tertiary/aromatic N) is 2. The average Bonchev–Trinajstić information content (AvgIpc) is 2.61. The molecule has 5 heteroatoms. The highest BCUT2D eigenvalue weighted by Crippen LogP contribution is 2.29. The second-order valence-corrected chi connectivity index (χ2v) is 7.31. The van der Waals surface area contributed by atoms with Crippen LogP contribution < -0.4 is 0 Å². The van der Waals surface area contributed by atoms with Gasteiger partial charge in [-0.15, -0.1) is 0 Å². The maximum atomic E-state index is 13.7. The zero-order valence-electron chi connectivity index (χ0n) is 14.3. The van der Waals surface area contributed by atoms with Crippen LogP contribution in [0.3, 0.4) is 0 Å². The van der Waals surface area contributed by atoms with Gasteiger partial charge in [0.25, 0.3) is 0 Å². The Morgan fingerprint density at radius 3 is 2.88 bits per heavy atom. The summed E-state index contributed by atoms with van der Waals surface area (Å²) in [6.45, 7) is 2.31. The Bertz CT molecular complexity index is 946. The van der Waals surface area contributed by atoms with Crippen molar-refractivity contribution < 1.29 is 9.50 Å². The predicted octanol–water partition coefficient (Wildman–Crippen LogP) is 4.65. The summed E-state index contributed by atoms with van der Waals surface area (Å²) in [5.74, 6) is -0.297. The van der Waals surface area contributed by atoms with E-state index in [-0.39, 0.29) is 11.9 Å². The molecule has 1 aliphatic heterocycles. The molecule has 2 heterocycles. The van der Waals surface area contributed by atoms with Crippen LogP contribution in [0.1, 0.15) is 18.4 Å². The average molecular weight is 371 g/mol. The molecule has 1 fully saturated rings. The summed E-state index contributed by atoms with van der Waals surface area (Å²) < 4.78 is 13.7. The van der Waals surface area contributed by atoms with Crippen molar-refractivity contribution in [2.75, 3.05) is 13.1 Å². The van der Waals surface area contributed by atoms with E-state index < -0.39 is 0 Å². The topological polar surface area (TPSA) is 36.4 Å². The number of rotatable bonds is 3. The minimum Gasteiger partial charge on any atom is -0.392 e. The van der Waals surface area contributed by atoms with E-state index >= 15 is 0 Å². The molecule has 0 radical (unpaired) electrons. The molecular weight excluding hydrogens is 351 g/mol. The molecule has 0 spiro atoms. The van der Waals surface area contributed by atoms with Crippen molar-refractivity contribution in [2.24, 2.45) is 0 Å². The van der Waals surface area contributed by atoms with Gasteiger partial charge in [0, 0.05) is 35.1 Å². The van der Waals surface area contributed by atoms with E-state index in [2.05, 4.69) is 11.0 Å². The van der Waals surface area contributed by atoms with Crippen molar-refractivity contribution in [1.29, 1.82) is 0 Å². The number of hydrogen-bond donors (Lipinski definition) is 1. The Kier molecular flexibility index (Phi) is 4.90. The SMILES string of the molecule is O[C@@H]1CCCN(Cc2cc3ccc(F)cc3nc2-c2cccc(Cl)c2)C1. The number of halogens is 2. The number of likely N-dealkylation sites (tertiary alicyclic amines) is 1. The van der Waals surface area contributed by atoms with Gasteiger partial charge in [0.05, 0.1) is 17.3 Å². The van der Waals surface area contributed by atoms with E-state index in [1.807, 2.05) is 24.3 Å². The summed E-state index contributed by atoms with van der Waals surface area (Å²) in [4.78, 5) is 6.99. The van der Waals surface area contributed by atoms with E-state index in [1.54, 1.807) is 6.07 Å². The molecule has 134 valence electrons. The number of fused-ring (bicyclic) bond motifs is 1. The van der Waals surface area contributed by atoms with Crippen LogP contribution >= 0.6 is 11.6 Å². The molecule has 0 aliphatic carbocycles. The van der Waals surface area contributed by atoms with Gasteiger partial charge in [0.15, 0.2) is 0 Å². The third kappa shape index (κ3) is 3.73. The Hall–Kier alpha value is -2.01. The monoisotopic (exact) mass is 370 g/mol. The lowest BCUT2D eigenvalue weighted by atomic mass is 10.0. The van der Waals surface area contributed by atoms with E-state index in [9.17, 15) is 9.50 Å². The molecule has 1 saturated heterocycles. The van der Waals surface area contributed by atoms with Gasteiger partial charge < -0.3 is 5.11 Å². The fraction of sp³-hybridized carbons (Fsp3) is 0.286. The molecule has 1 N–H and O–H groups in total. The summed E-state index contributed by atoms with van der Waals surface area (Å²) in [6.07, 6.45) is 1.56. The highest BCUT2D eigenvalue weighted by molar-refractivity contribution is 6.30. The number of piperidine rings is 1. The lowest BCUT2D eigenvalue weighted by Crippen LogP contribution is -2.37. The molecule has 1 atom stereocenters. The number of benzene rings is 2. The summed E-state index contributed by atoms with van der Waals surface area (Å²) >= 11 is 6.17. The standard InChI is InChI=1S/C21H20ClFN2O/c22-17-4-1-3-15(10-17)21-16(12-25-8-2-5-19(26)13-25)9-14-6-7-18(23)11-20(14)24-21/h1,3-4,6-7,9-11,19,26H,2,5,8,12-13H2/t19-/m1/s1. The van der Waals surface area contributed by atoms with Crippen molar-refractivity contribution in [3.63, 3.8) is 0 Å². The van der Waals surface area contributed by atoms with E-state index in [0.717, 1.165) is 41.6 Å². The molecular formula is C21H20ClFN2O. The van der Waals surface area contributed by atoms with E-state index in [4.69, 9.17) is 16.6 Å². The zero-order valence-corrected chi connectivity index (χ0v) is 15.1. The minimum atomic E-state index is -0.297. The van der Waals surface area contributed by atoms with Gasteiger partial charge in [-0.05, 0) is 55.3 Å². The Morgan fingerprint density at radius 2 is 2.08 bits per heavy atom. The Balaban J connectivity index is 1.80. The van der Waals surface area contributed by atoms with Gasteiger partial charge in [-0.2, -0.15) is 0 Å². The Morgan fingerprint density at radius 1 is 1.19 bits per heavy atom. The smallest absolute Gasteiger partial charge is 0.125 e. The van der Waals surface area contributed by atoms with Crippen LogP contribution in [0.4, 0.5) is 4.39 Å². The fourth-order valence-electron chi connectivity index (χ4n) is 3.61. The van der Waals surface area contributed by atoms with Crippen molar-refractivity contribution in [3.8, 4) is 11.3 Å². The van der Waals surface area contributed by atoms with Crippen LogP contribution in [-0.2, 0) is 6.54 Å². The highest BCUT2D eigenvalue weighted by Gasteiger charge is 2.20. The largest absolute Gasteiger partial charge is 0.392 e. The first-order valence-electron chi connectivity index (χ1n) is 8.84. The zero-order chi connectivity index (χ0) is 18.1. The maximum absolute atomic E-state index is 13.7. The number of pyridine rings is 1. The third-order valence-electron chi connectivity index (χ3n) is 4.83. The van der Waals surface area contributed by atoms with E-state index in [0.29, 0.717) is 23.6 Å². The quantitative estimate of drug-likeness (QED) is 0.729. The van der Waals surface area contributed by atoms with Crippen molar-refractivity contribution in [2.45, 2.75) is 25.5 Å². The fourth-order valence-corrected chi connectivity index (χ4v) is 3.80. The predicted molar refractivity (Wildman–Crippen MR) is 103 cm³/mol.